The number of hydrogen-bond donors (Lipinski definition) is 2. The van der Waals surface area contributed by atoms with E-state index >= 15 is 0 Å². The van der Waals surface area contributed by atoms with Crippen LogP contribution < -0.4 is 4.72 Å². The molecule has 100 valence electrons. The number of nitrogens with one attached hydrogen (secondary N) is 1. The molecule has 0 spiro atoms. The van der Waals surface area contributed by atoms with Gasteiger partial charge in [0.25, 0.3) is 5.69 Å². The van der Waals surface area contributed by atoms with Gasteiger partial charge in [0.05, 0.1) is 16.6 Å². The number of nitro groups is 1. The van der Waals surface area contributed by atoms with Crippen LogP contribution in [0.3, 0.4) is 0 Å². The van der Waals surface area contributed by atoms with Gasteiger partial charge in [-0.15, -0.1) is 0 Å². The first-order chi connectivity index (χ1) is 8.76. The first-order valence-electron chi connectivity index (χ1n) is 4.66. The zero-order chi connectivity index (χ0) is 14.6. The summed E-state index contributed by atoms with van der Waals surface area (Å²) in [6.45, 7) is 0. The zero-order valence-electron chi connectivity index (χ0n) is 9.23. The fourth-order valence-electron chi connectivity index (χ4n) is 1.19. The van der Waals surface area contributed by atoms with Gasteiger partial charge in [-0.05, 0) is 12.1 Å². The number of anilines is 1. The quantitative estimate of drug-likeness (QED) is 0.592. The number of carboxylic acids is 1. The average Bonchev–Trinajstić information content (AvgIpc) is 2.27. The van der Waals surface area contributed by atoms with Crippen LogP contribution in [0.5, 0.6) is 0 Å². The second-order valence-corrected chi connectivity index (χ2v) is 5.04. The van der Waals surface area contributed by atoms with Gasteiger partial charge in [-0.2, -0.15) is 5.26 Å². The molecular formula is C9H7N3O6S. The molecule has 0 atom stereocenters. The highest BCUT2D eigenvalue weighted by molar-refractivity contribution is 7.92. The molecule has 19 heavy (non-hydrogen) atoms. The molecule has 0 aliphatic carbocycles. The highest BCUT2D eigenvalue weighted by Crippen LogP contribution is 2.26. The van der Waals surface area contributed by atoms with Gasteiger partial charge in [-0.1, -0.05) is 0 Å². The van der Waals surface area contributed by atoms with E-state index in [-0.39, 0.29) is 5.56 Å². The highest BCUT2D eigenvalue weighted by atomic mass is 32.2. The average molecular weight is 285 g/mol. The second kappa shape index (κ2) is 5.32. The molecule has 2 N–H and O–H groups in total. The van der Waals surface area contributed by atoms with E-state index in [1.54, 1.807) is 0 Å². The number of nitrogens with zero attached hydrogens (tertiary/aromatic N) is 2. The summed E-state index contributed by atoms with van der Waals surface area (Å²) in [5, 5.41) is 27.7. The third-order valence-electron chi connectivity index (χ3n) is 1.96. The van der Waals surface area contributed by atoms with Crippen LogP contribution in [-0.2, 0) is 10.0 Å². The minimum atomic E-state index is -4.04. The lowest BCUT2D eigenvalue weighted by Gasteiger charge is -2.06. The maximum absolute atomic E-state index is 11.3. The van der Waals surface area contributed by atoms with Crippen LogP contribution in [0.15, 0.2) is 18.2 Å². The summed E-state index contributed by atoms with van der Waals surface area (Å²) in [6, 6.07) is 4.09. The zero-order valence-corrected chi connectivity index (χ0v) is 10.0. The molecule has 0 bridgehead atoms. The molecule has 0 saturated carbocycles. The Bertz CT molecular complexity index is 676. The van der Waals surface area contributed by atoms with Crippen LogP contribution in [0.1, 0.15) is 10.4 Å². The van der Waals surface area contributed by atoms with Crippen LogP contribution in [0.25, 0.3) is 0 Å². The number of rotatable bonds is 5. The number of nitriles is 1. The van der Waals surface area contributed by atoms with Crippen LogP contribution >= 0.6 is 0 Å². The van der Waals surface area contributed by atoms with E-state index in [2.05, 4.69) is 0 Å². The Morgan fingerprint density at radius 1 is 1.53 bits per heavy atom. The number of hydrogen-bond acceptors (Lipinski definition) is 6. The summed E-state index contributed by atoms with van der Waals surface area (Å²) in [7, 11) is -4.04. The molecule has 0 aliphatic heterocycles. The van der Waals surface area contributed by atoms with Crippen molar-refractivity contribution in [2.45, 2.75) is 0 Å². The Kier molecular flexibility index (Phi) is 4.03. The maximum Gasteiger partial charge on any atom is 0.335 e. The Morgan fingerprint density at radius 2 is 2.16 bits per heavy atom. The molecular weight excluding hydrogens is 278 g/mol. The lowest BCUT2D eigenvalue weighted by Crippen LogP contribution is -2.16. The van der Waals surface area contributed by atoms with Crippen LogP contribution in [0.2, 0.25) is 0 Å². The molecule has 0 aromatic heterocycles. The number of carbonyl (C=O) groups is 1. The summed E-state index contributed by atoms with van der Waals surface area (Å²) in [6.07, 6.45) is 0. The van der Waals surface area contributed by atoms with E-state index < -0.39 is 38.0 Å². The van der Waals surface area contributed by atoms with Gasteiger partial charge in [0, 0.05) is 6.07 Å². The molecule has 0 saturated heterocycles. The fraction of sp³-hybridized carbons (Fsp3) is 0.111. The number of carboxylic acid groups (broad SMARTS) is 1. The first kappa shape index (κ1) is 14.4. The highest BCUT2D eigenvalue weighted by Gasteiger charge is 2.21. The van der Waals surface area contributed by atoms with Crippen molar-refractivity contribution in [1.29, 1.82) is 5.26 Å². The van der Waals surface area contributed by atoms with Crippen molar-refractivity contribution in [1.82, 2.24) is 0 Å². The van der Waals surface area contributed by atoms with Crippen molar-refractivity contribution in [2.24, 2.45) is 0 Å². The molecule has 1 aromatic rings. The summed E-state index contributed by atoms with van der Waals surface area (Å²) >= 11 is 0. The van der Waals surface area contributed by atoms with Crippen molar-refractivity contribution in [3.63, 3.8) is 0 Å². The number of aromatic carboxylic acids is 1. The molecule has 1 rings (SSSR count). The molecule has 0 radical (unpaired) electrons. The van der Waals surface area contributed by atoms with Gasteiger partial charge in [-0.25, -0.2) is 13.2 Å². The summed E-state index contributed by atoms with van der Waals surface area (Å²) in [5.41, 5.74) is -1.46. The maximum atomic E-state index is 11.3. The molecule has 0 fully saturated rings. The normalized spacial score (nSPS) is 10.5. The Morgan fingerprint density at radius 3 is 2.63 bits per heavy atom. The molecule has 1 aromatic carbocycles. The van der Waals surface area contributed by atoms with E-state index in [1.807, 2.05) is 4.72 Å². The van der Waals surface area contributed by atoms with Gasteiger partial charge in [0.2, 0.25) is 10.0 Å². The Labute approximate surface area is 107 Å². The lowest BCUT2D eigenvalue weighted by molar-refractivity contribution is -0.383. The second-order valence-electron chi connectivity index (χ2n) is 3.31. The Hall–Kier alpha value is -2.67. The number of nitro benzene ring substituents is 1. The SMILES string of the molecule is N#CCS(=O)(=O)Nc1ccc(C(=O)O)cc1[N+](=O)[O-]. The smallest absolute Gasteiger partial charge is 0.335 e. The third-order valence-corrected chi connectivity index (χ3v) is 3.00. The van der Waals surface area contributed by atoms with Crippen LogP contribution in [0.4, 0.5) is 11.4 Å². The van der Waals surface area contributed by atoms with Gasteiger partial charge in [0.1, 0.15) is 5.69 Å². The third kappa shape index (κ3) is 3.65. The predicted octanol–water partition coefficient (Wildman–Crippen LogP) is 0.558. The minimum Gasteiger partial charge on any atom is -0.478 e. The van der Waals surface area contributed by atoms with E-state index in [4.69, 9.17) is 10.4 Å². The van der Waals surface area contributed by atoms with Gasteiger partial charge >= 0.3 is 5.97 Å². The predicted molar refractivity (Wildman–Crippen MR) is 63.1 cm³/mol. The summed E-state index contributed by atoms with van der Waals surface area (Å²) in [4.78, 5) is 20.5. The number of sulfonamides is 1. The largest absolute Gasteiger partial charge is 0.478 e. The van der Waals surface area contributed by atoms with Crippen LogP contribution in [0, 0.1) is 21.4 Å². The molecule has 0 aliphatic rings. The fourth-order valence-corrected chi connectivity index (χ4v) is 1.94. The van der Waals surface area contributed by atoms with Gasteiger partial charge < -0.3 is 5.11 Å². The van der Waals surface area contributed by atoms with Crippen molar-refractivity contribution in [2.75, 3.05) is 10.5 Å². The van der Waals surface area contributed by atoms with Crippen molar-refractivity contribution < 1.29 is 23.2 Å². The lowest BCUT2D eigenvalue weighted by atomic mass is 10.2. The van der Waals surface area contributed by atoms with E-state index in [0.717, 1.165) is 18.2 Å². The molecule has 0 unspecified atom stereocenters. The van der Waals surface area contributed by atoms with Gasteiger partial charge in [0.15, 0.2) is 5.75 Å². The van der Waals surface area contributed by atoms with Crippen molar-refractivity contribution in [3.05, 3.63) is 33.9 Å². The first-order valence-corrected chi connectivity index (χ1v) is 6.31. The number of benzene rings is 1. The summed E-state index contributed by atoms with van der Waals surface area (Å²) in [5.74, 6) is -2.25. The Balaban J connectivity index is 3.26. The van der Waals surface area contributed by atoms with E-state index in [0.29, 0.717) is 0 Å². The molecule has 10 heteroatoms. The van der Waals surface area contributed by atoms with Crippen LogP contribution in [-0.4, -0.2) is 30.2 Å². The standard InChI is InChI=1S/C9H7N3O6S/c10-3-4-19(17,18)11-7-2-1-6(9(13)14)5-8(7)12(15)16/h1-2,5,11H,4H2,(H,13,14). The molecule has 0 heterocycles. The molecule has 0 amide bonds. The van der Waals surface area contributed by atoms with Gasteiger partial charge in [-0.3, -0.25) is 14.8 Å². The summed E-state index contributed by atoms with van der Waals surface area (Å²) < 4.78 is 24.5. The van der Waals surface area contributed by atoms with E-state index in [1.165, 1.54) is 6.07 Å². The monoisotopic (exact) mass is 285 g/mol. The van der Waals surface area contributed by atoms with Crippen molar-refractivity contribution >= 4 is 27.4 Å². The topological polar surface area (TPSA) is 150 Å². The van der Waals surface area contributed by atoms with Crippen molar-refractivity contribution in [3.8, 4) is 6.07 Å². The minimum absolute atomic E-state index is 0.352. The molecule has 9 nitrogen and oxygen atoms in total. The van der Waals surface area contributed by atoms with E-state index in [9.17, 15) is 23.3 Å².